The summed E-state index contributed by atoms with van der Waals surface area (Å²) in [5.41, 5.74) is 6.36. The van der Waals surface area contributed by atoms with Gasteiger partial charge in [-0.25, -0.2) is 10.4 Å². The Labute approximate surface area is 237 Å². The lowest BCUT2D eigenvalue weighted by molar-refractivity contribution is 0.0955. The van der Waals surface area contributed by atoms with Crippen LogP contribution in [0.15, 0.2) is 71.1 Å². The molecule has 1 heterocycles. The van der Waals surface area contributed by atoms with Crippen LogP contribution in [0.4, 0.5) is 10.8 Å². The van der Waals surface area contributed by atoms with Crippen molar-refractivity contribution in [3.63, 3.8) is 0 Å². The number of hydrogen-bond acceptors (Lipinski definition) is 7. The molecule has 0 aliphatic carbocycles. The molecular weight excluding hydrogens is 623 g/mol. The highest BCUT2D eigenvalue weighted by molar-refractivity contribution is 14.1. The van der Waals surface area contributed by atoms with Crippen LogP contribution in [0.1, 0.15) is 15.9 Å². The maximum absolute atomic E-state index is 12.6. The average Bonchev–Trinajstić information content (AvgIpc) is 3.37. The standard InChI is InChI=1S/C27H20ClIN4O3S/c1-3-12-36-25-22(29)13-17(14-24(25)35-2)15-30-33-26(34)19-6-4-18(5-7-19)23-16-37-27(32-23)31-21-10-8-20(28)9-11-21/h1,4-11,13-16H,12H2,2H3,(H,31,32)(H,33,34)/b30-15-. The molecule has 0 unspecified atom stereocenters. The van der Waals surface area contributed by atoms with Gasteiger partial charge in [0.1, 0.15) is 6.61 Å². The molecule has 10 heteroatoms. The molecule has 0 radical (unpaired) electrons. The zero-order valence-electron chi connectivity index (χ0n) is 19.5. The minimum Gasteiger partial charge on any atom is -0.493 e. The zero-order valence-corrected chi connectivity index (χ0v) is 23.2. The third kappa shape index (κ3) is 7.01. The monoisotopic (exact) mass is 642 g/mol. The summed E-state index contributed by atoms with van der Waals surface area (Å²) >= 11 is 9.56. The highest BCUT2D eigenvalue weighted by atomic mass is 127. The molecule has 2 N–H and O–H groups in total. The van der Waals surface area contributed by atoms with Gasteiger partial charge in [-0.15, -0.1) is 17.8 Å². The van der Waals surface area contributed by atoms with E-state index in [0.717, 1.165) is 31.2 Å². The van der Waals surface area contributed by atoms with E-state index < -0.39 is 0 Å². The lowest BCUT2D eigenvalue weighted by Gasteiger charge is -2.11. The van der Waals surface area contributed by atoms with Gasteiger partial charge < -0.3 is 14.8 Å². The molecule has 0 atom stereocenters. The van der Waals surface area contributed by atoms with Crippen LogP contribution in [-0.2, 0) is 0 Å². The molecule has 37 heavy (non-hydrogen) atoms. The van der Waals surface area contributed by atoms with Crippen molar-refractivity contribution in [1.82, 2.24) is 10.4 Å². The number of benzene rings is 3. The van der Waals surface area contributed by atoms with E-state index in [4.69, 9.17) is 27.5 Å². The van der Waals surface area contributed by atoms with Crippen molar-refractivity contribution >= 4 is 68.5 Å². The van der Waals surface area contributed by atoms with Gasteiger partial charge in [-0.05, 0) is 76.7 Å². The molecule has 186 valence electrons. The number of anilines is 2. The fraction of sp³-hybridized carbons (Fsp3) is 0.0741. The molecule has 7 nitrogen and oxygen atoms in total. The van der Waals surface area contributed by atoms with Gasteiger partial charge in [-0.3, -0.25) is 4.79 Å². The highest BCUT2D eigenvalue weighted by Gasteiger charge is 2.11. The first-order valence-corrected chi connectivity index (χ1v) is 13.2. The van der Waals surface area contributed by atoms with Crippen molar-refractivity contribution in [3.05, 3.63) is 85.8 Å². The van der Waals surface area contributed by atoms with E-state index in [9.17, 15) is 4.79 Å². The molecule has 0 saturated carbocycles. The largest absolute Gasteiger partial charge is 0.493 e. The van der Waals surface area contributed by atoms with Crippen molar-refractivity contribution in [2.75, 3.05) is 19.0 Å². The van der Waals surface area contributed by atoms with Crippen LogP contribution < -0.4 is 20.2 Å². The van der Waals surface area contributed by atoms with Crippen LogP contribution in [0.5, 0.6) is 11.5 Å². The summed E-state index contributed by atoms with van der Waals surface area (Å²) in [6.07, 6.45) is 6.80. The second-order valence-electron chi connectivity index (χ2n) is 7.47. The van der Waals surface area contributed by atoms with Crippen molar-refractivity contribution in [2.24, 2.45) is 5.10 Å². The minimum absolute atomic E-state index is 0.137. The lowest BCUT2D eigenvalue weighted by atomic mass is 10.1. The summed E-state index contributed by atoms with van der Waals surface area (Å²) in [4.78, 5) is 17.2. The van der Waals surface area contributed by atoms with Crippen LogP contribution >= 0.6 is 45.5 Å². The Morgan fingerprint density at radius 1 is 1.22 bits per heavy atom. The number of terminal acetylenes is 1. The Morgan fingerprint density at radius 3 is 2.68 bits per heavy atom. The maximum atomic E-state index is 12.6. The molecule has 0 aliphatic rings. The van der Waals surface area contributed by atoms with E-state index in [2.05, 4.69) is 49.3 Å². The first-order chi connectivity index (χ1) is 18.0. The van der Waals surface area contributed by atoms with Crippen molar-refractivity contribution in [2.45, 2.75) is 0 Å². The van der Waals surface area contributed by atoms with Gasteiger partial charge in [0.05, 0.1) is 22.6 Å². The van der Waals surface area contributed by atoms with E-state index in [1.165, 1.54) is 17.6 Å². The number of methoxy groups -OCH3 is 1. The number of hydrazone groups is 1. The molecule has 3 aromatic carbocycles. The van der Waals surface area contributed by atoms with Crippen LogP contribution in [0, 0.1) is 15.9 Å². The summed E-state index contributed by atoms with van der Waals surface area (Å²) < 4.78 is 11.7. The lowest BCUT2D eigenvalue weighted by Crippen LogP contribution is -2.17. The Kier molecular flexibility index (Phi) is 9.00. The first-order valence-electron chi connectivity index (χ1n) is 10.8. The number of nitrogens with one attached hydrogen (secondary N) is 2. The smallest absolute Gasteiger partial charge is 0.271 e. The quantitative estimate of drug-likeness (QED) is 0.0931. The fourth-order valence-electron chi connectivity index (χ4n) is 3.21. The number of rotatable bonds is 9. The summed E-state index contributed by atoms with van der Waals surface area (Å²) in [5, 5.41) is 10.7. The predicted octanol–water partition coefficient (Wildman–Crippen LogP) is 6.60. The summed E-state index contributed by atoms with van der Waals surface area (Å²) in [5.74, 6) is 3.19. The van der Waals surface area contributed by atoms with Crippen LogP contribution in [0.25, 0.3) is 11.3 Å². The zero-order chi connectivity index (χ0) is 26.2. The van der Waals surface area contributed by atoms with Gasteiger partial charge in [0.2, 0.25) is 0 Å². The van der Waals surface area contributed by atoms with Gasteiger partial charge in [-0.1, -0.05) is 29.7 Å². The average molecular weight is 643 g/mol. The third-order valence-corrected chi connectivity index (χ3v) is 6.78. The number of ether oxygens (including phenoxy) is 2. The Morgan fingerprint density at radius 2 is 1.97 bits per heavy atom. The Hall–Kier alpha value is -3.59. The molecular formula is C27H20ClIN4O3S. The number of nitrogens with zero attached hydrogens (tertiary/aromatic N) is 2. The fourth-order valence-corrected chi connectivity index (χ4v) is 4.86. The predicted molar refractivity (Wildman–Crippen MR) is 157 cm³/mol. The van der Waals surface area contributed by atoms with Crippen molar-refractivity contribution in [1.29, 1.82) is 0 Å². The molecule has 0 aliphatic heterocycles. The topological polar surface area (TPSA) is 84.8 Å². The SMILES string of the molecule is C#CCOc1c(I)cc(/C=N\NC(=O)c2ccc(-c3csc(Nc4ccc(Cl)cc4)n3)cc2)cc1OC. The number of carbonyl (C=O) groups is 1. The van der Waals surface area contributed by atoms with Crippen molar-refractivity contribution in [3.8, 4) is 35.1 Å². The second-order valence-corrected chi connectivity index (χ2v) is 9.93. The molecule has 1 amide bonds. The molecule has 0 bridgehead atoms. The summed E-state index contributed by atoms with van der Waals surface area (Å²) in [6.45, 7) is 0.137. The van der Waals surface area contributed by atoms with Gasteiger partial charge in [0, 0.05) is 27.2 Å². The minimum atomic E-state index is -0.332. The van der Waals surface area contributed by atoms with Gasteiger partial charge in [0.15, 0.2) is 16.6 Å². The van der Waals surface area contributed by atoms with E-state index in [1.54, 1.807) is 25.3 Å². The molecule has 4 rings (SSSR count). The molecule has 4 aromatic rings. The van der Waals surface area contributed by atoms with Gasteiger partial charge in [-0.2, -0.15) is 5.10 Å². The molecule has 0 saturated heterocycles. The molecule has 0 spiro atoms. The number of amides is 1. The molecule has 1 aromatic heterocycles. The number of aromatic nitrogens is 1. The van der Waals surface area contributed by atoms with E-state index in [1.807, 2.05) is 47.8 Å². The number of hydrogen-bond donors (Lipinski definition) is 2. The van der Waals surface area contributed by atoms with Gasteiger partial charge in [0.25, 0.3) is 5.91 Å². The van der Waals surface area contributed by atoms with E-state index in [0.29, 0.717) is 22.1 Å². The normalized spacial score (nSPS) is 10.6. The van der Waals surface area contributed by atoms with Crippen LogP contribution in [-0.4, -0.2) is 30.8 Å². The second kappa shape index (κ2) is 12.6. The highest BCUT2D eigenvalue weighted by Crippen LogP contribution is 2.33. The summed E-state index contributed by atoms with van der Waals surface area (Å²) in [6, 6.07) is 18.2. The van der Waals surface area contributed by atoms with Crippen LogP contribution in [0.3, 0.4) is 0 Å². The number of carbonyl (C=O) groups excluding carboxylic acids is 1. The van der Waals surface area contributed by atoms with E-state index >= 15 is 0 Å². The van der Waals surface area contributed by atoms with Gasteiger partial charge >= 0.3 is 0 Å². The Bertz CT molecular complexity index is 1460. The first kappa shape index (κ1) is 26.5. The van der Waals surface area contributed by atoms with E-state index in [-0.39, 0.29) is 12.5 Å². The summed E-state index contributed by atoms with van der Waals surface area (Å²) in [7, 11) is 1.54. The maximum Gasteiger partial charge on any atom is 0.271 e. The van der Waals surface area contributed by atoms with Crippen molar-refractivity contribution < 1.29 is 14.3 Å². The third-order valence-electron chi connectivity index (χ3n) is 4.97. The number of halogens is 2. The molecule has 0 fully saturated rings. The Balaban J connectivity index is 1.37. The van der Waals surface area contributed by atoms with Crippen LogP contribution in [0.2, 0.25) is 5.02 Å². The number of thiazole rings is 1.